The number of nitrogens with zero attached hydrogens (tertiary/aromatic N) is 2. The number of ether oxygens (including phenoxy) is 4. The van der Waals surface area contributed by atoms with Crippen molar-refractivity contribution in [2.24, 2.45) is 23.2 Å². The first-order valence-corrected chi connectivity index (χ1v) is 18.3. The van der Waals surface area contributed by atoms with Crippen LogP contribution in [0.15, 0.2) is 85.0 Å². The van der Waals surface area contributed by atoms with Gasteiger partial charge >= 0.3 is 24.1 Å². The number of hydrogen-bond donors (Lipinski definition) is 0. The fourth-order valence-electron chi connectivity index (χ4n) is 6.51. The molecule has 10 nitrogen and oxygen atoms in total. The zero-order valence-corrected chi connectivity index (χ0v) is 32.2. The summed E-state index contributed by atoms with van der Waals surface area (Å²) in [6, 6.07) is 19.0. The van der Waals surface area contributed by atoms with E-state index in [9.17, 15) is 19.2 Å². The molecule has 1 saturated carbocycles. The minimum Gasteiger partial charge on any atom is -0.460 e. The van der Waals surface area contributed by atoms with Crippen molar-refractivity contribution in [2.75, 3.05) is 31.5 Å². The van der Waals surface area contributed by atoms with E-state index in [-0.39, 0.29) is 43.5 Å². The third kappa shape index (κ3) is 10.5. The second-order valence-corrected chi connectivity index (χ2v) is 16.0. The Morgan fingerprint density at radius 3 is 1.73 bits per heavy atom. The molecule has 0 aromatic heterocycles. The average molecular weight is 768 g/mol. The Morgan fingerprint density at radius 1 is 0.765 bits per heavy atom. The molecule has 2 aromatic rings. The molecular formula is C40H51BrN2O8. The number of carbonyl (C=O) groups is 4. The van der Waals surface area contributed by atoms with Crippen molar-refractivity contribution in [1.82, 2.24) is 9.80 Å². The number of alkyl halides is 1. The molecule has 51 heavy (non-hydrogen) atoms. The maximum absolute atomic E-state index is 12.7. The number of hydrogen-bond acceptors (Lipinski definition) is 8. The van der Waals surface area contributed by atoms with Crippen LogP contribution in [0.1, 0.15) is 59.1 Å². The van der Waals surface area contributed by atoms with Gasteiger partial charge in [-0.1, -0.05) is 101 Å². The van der Waals surface area contributed by atoms with Crippen LogP contribution in [0, 0.1) is 23.2 Å². The first kappa shape index (κ1) is 39.7. The number of halogens is 1. The monoisotopic (exact) mass is 766 g/mol. The number of fused-ring (bicyclic) bond motifs is 1. The van der Waals surface area contributed by atoms with Gasteiger partial charge in [0.2, 0.25) is 0 Å². The second-order valence-electron chi connectivity index (χ2n) is 15.4. The fourth-order valence-corrected chi connectivity index (χ4v) is 6.92. The van der Waals surface area contributed by atoms with E-state index in [1.165, 1.54) is 0 Å². The van der Waals surface area contributed by atoms with Gasteiger partial charge < -0.3 is 28.7 Å². The highest BCUT2D eigenvalue weighted by Gasteiger charge is 2.62. The van der Waals surface area contributed by atoms with Crippen LogP contribution in [0.25, 0.3) is 0 Å². The lowest BCUT2D eigenvalue weighted by Gasteiger charge is -2.44. The molecule has 5 rings (SSSR count). The molecule has 276 valence electrons. The van der Waals surface area contributed by atoms with E-state index in [2.05, 4.69) is 29.1 Å². The number of benzene rings is 2. The van der Waals surface area contributed by atoms with Gasteiger partial charge in [-0.25, -0.2) is 9.59 Å². The molecule has 2 aromatic carbocycles. The third-order valence-corrected chi connectivity index (χ3v) is 9.76. The molecule has 2 amide bonds. The molecular weight excluding hydrogens is 716 g/mol. The van der Waals surface area contributed by atoms with Crippen molar-refractivity contribution in [3.63, 3.8) is 0 Å². The fraction of sp³-hybridized carbons (Fsp3) is 0.500. The molecule has 3 aliphatic rings. The summed E-state index contributed by atoms with van der Waals surface area (Å²) in [7, 11) is 0. The summed E-state index contributed by atoms with van der Waals surface area (Å²) in [5, 5.41) is 0.573. The minimum absolute atomic E-state index is 0.0355. The summed E-state index contributed by atoms with van der Waals surface area (Å²) in [6.07, 6.45) is -0.240. The Hall–Kier alpha value is -4.12. The highest BCUT2D eigenvalue weighted by atomic mass is 79.9. The van der Waals surface area contributed by atoms with Gasteiger partial charge in [0, 0.05) is 43.3 Å². The summed E-state index contributed by atoms with van der Waals surface area (Å²) in [5.41, 5.74) is 1.96. The van der Waals surface area contributed by atoms with E-state index < -0.39 is 34.7 Å². The van der Waals surface area contributed by atoms with E-state index in [1.54, 1.807) is 9.80 Å². The van der Waals surface area contributed by atoms with E-state index in [0.29, 0.717) is 31.4 Å². The Kier molecular flexibility index (Phi) is 12.8. The number of esters is 2. The largest absolute Gasteiger partial charge is 0.460 e. The lowest BCUT2D eigenvalue weighted by atomic mass is 9.59. The van der Waals surface area contributed by atoms with Gasteiger partial charge in [0.15, 0.2) is 0 Å². The first-order chi connectivity index (χ1) is 23.9. The lowest BCUT2D eigenvalue weighted by Crippen LogP contribution is -2.50. The number of likely N-dealkylation sites (tertiary alicyclic amines) is 2. The van der Waals surface area contributed by atoms with Gasteiger partial charge in [0.25, 0.3) is 0 Å². The Bertz CT molecular complexity index is 1580. The van der Waals surface area contributed by atoms with Crippen LogP contribution in [-0.4, -0.2) is 76.6 Å². The molecule has 2 saturated heterocycles. The zero-order valence-electron chi connectivity index (χ0n) is 30.6. The number of amides is 2. The SMILES string of the molecule is C=C(CBr)[C@@H]1CN(C(=O)OCc2ccccc2)C[C@H]1C(=O)OC(C)(C)C.C=C1C[C@@]2(C(=O)OC(C)(C)C)CN(C(=O)OCc3ccccc3)C[C@@H]12. The van der Waals surface area contributed by atoms with E-state index >= 15 is 0 Å². The summed E-state index contributed by atoms with van der Waals surface area (Å²) in [6.45, 7) is 21.0. The molecule has 4 atom stereocenters. The number of rotatable bonds is 8. The topological polar surface area (TPSA) is 112 Å². The van der Waals surface area contributed by atoms with Crippen molar-refractivity contribution in [1.29, 1.82) is 0 Å². The highest BCUT2D eigenvalue weighted by Crippen LogP contribution is 2.56. The summed E-state index contributed by atoms with van der Waals surface area (Å²) in [4.78, 5) is 53.3. The van der Waals surface area contributed by atoms with Gasteiger partial charge in [-0.15, -0.1) is 0 Å². The molecule has 0 unspecified atom stereocenters. The Morgan fingerprint density at radius 2 is 1.25 bits per heavy atom. The Balaban J connectivity index is 0.000000229. The molecule has 2 heterocycles. The molecule has 11 heteroatoms. The molecule has 2 aliphatic heterocycles. The van der Waals surface area contributed by atoms with E-state index in [1.807, 2.05) is 102 Å². The molecule has 0 bridgehead atoms. The van der Waals surface area contributed by atoms with Crippen LogP contribution in [0.4, 0.5) is 9.59 Å². The normalized spacial score (nSPS) is 22.5. The van der Waals surface area contributed by atoms with E-state index in [0.717, 1.165) is 22.3 Å². The molecule has 3 fully saturated rings. The van der Waals surface area contributed by atoms with Crippen LogP contribution in [0.3, 0.4) is 0 Å². The van der Waals surface area contributed by atoms with Crippen LogP contribution < -0.4 is 0 Å². The van der Waals surface area contributed by atoms with Gasteiger partial charge in [-0.2, -0.15) is 0 Å². The van der Waals surface area contributed by atoms with Crippen molar-refractivity contribution < 1.29 is 38.1 Å². The molecule has 0 N–H and O–H groups in total. The zero-order chi connectivity index (χ0) is 37.6. The maximum atomic E-state index is 12.7. The second kappa shape index (κ2) is 16.5. The van der Waals surface area contributed by atoms with Crippen LogP contribution in [0.2, 0.25) is 0 Å². The standard InChI is InChI=1S/C20H26BrNO4.C20H25NO4/c1-14(10-21)16-11-22(12-17(16)18(23)26-20(2,3)4)19(24)25-13-15-8-6-5-7-9-15;1-14-10-20(17(22)25-19(2,3)4)13-21(11-16(14)20)18(23)24-12-15-8-6-5-7-9-15/h5-9,16-17H,1,10-13H2,2-4H3;5-9,16H,1,10-13H2,2-4H3/t16-,17+;16-,20+/m00/s1. The van der Waals surface area contributed by atoms with Gasteiger partial charge in [0.1, 0.15) is 24.4 Å². The Labute approximate surface area is 310 Å². The summed E-state index contributed by atoms with van der Waals surface area (Å²) >= 11 is 3.39. The lowest BCUT2D eigenvalue weighted by molar-refractivity contribution is -0.172. The van der Waals surface area contributed by atoms with Crippen molar-refractivity contribution in [3.05, 3.63) is 96.1 Å². The van der Waals surface area contributed by atoms with Gasteiger partial charge in [-0.05, 0) is 59.1 Å². The highest BCUT2D eigenvalue weighted by molar-refractivity contribution is 9.09. The van der Waals surface area contributed by atoms with Crippen LogP contribution in [-0.2, 0) is 41.8 Å². The molecule has 0 radical (unpaired) electrons. The number of carbonyl (C=O) groups excluding carboxylic acids is 4. The molecule has 1 aliphatic carbocycles. The van der Waals surface area contributed by atoms with Gasteiger partial charge in [-0.3, -0.25) is 9.59 Å². The third-order valence-electron chi connectivity index (χ3n) is 9.04. The van der Waals surface area contributed by atoms with Crippen LogP contribution in [0.5, 0.6) is 0 Å². The van der Waals surface area contributed by atoms with Crippen molar-refractivity contribution in [2.45, 2.75) is 72.4 Å². The minimum atomic E-state index is -0.657. The molecule has 0 spiro atoms. The van der Waals surface area contributed by atoms with Crippen molar-refractivity contribution in [3.8, 4) is 0 Å². The van der Waals surface area contributed by atoms with Gasteiger partial charge in [0.05, 0.1) is 11.3 Å². The smallest absolute Gasteiger partial charge is 0.410 e. The quantitative estimate of drug-likeness (QED) is 0.116. The van der Waals surface area contributed by atoms with E-state index in [4.69, 9.17) is 18.9 Å². The van der Waals surface area contributed by atoms with Crippen molar-refractivity contribution >= 4 is 40.1 Å². The first-order valence-electron chi connectivity index (χ1n) is 17.2. The summed E-state index contributed by atoms with van der Waals surface area (Å²) < 4.78 is 21.9. The predicted molar refractivity (Wildman–Crippen MR) is 198 cm³/mol. The average Bonchev–Trinajstić information content (AvgIpc) is 3.66. The predicted octanol–water partition coefficient (Wildman–Crippen LogP) is 7.71. The summed E-state index contributed by atoms with van der Waals surface area (Å²) in [5.74, 6) is -1.15. The maximum Gasteiger partial charge on any atom is 0.410 e. The van der Waals surface area contributed by atoms with Crippen LogP contribution >= 0.6 is 15.9 Å².